The van der Waals surface area contributed by atoms with Gasteiger partial charge in [0.15, 0.2) is 23.5 Å². The number of hydrogen-bond acceptors (Lipinski definition) is 20. The summed E-state index contributed by atoms with van der Waals surface area (Å²) < 4.78 is 0. The van der Waals surface area contributed by atoms with E-state index in [0.29, 0.717) is 32.8 Å². The molecule has 0 atom stereocenters. The lowest BCUT2D eigenvalue weighted by atomic mass is 10.1. The third-order valence-corrected chi connectivity index (χ3v) is 8.18. The molecular formula is C38H38ClN11O8S2. The average molecular weight is 876 g/mol. The lowest BCUT2D eigenvalue weighted by molar-refractivity contribution is -0.193. The Morgan fingerprint density at radius 3 is 1.43 bits per heavy atom. The predicted octanol–water partition coefficient (Wildman–Crippen LogP) is 5.82. The summed E-state index contributed by atoms with van der Waals surface area (Å²) in [7, 11) is 0. The summed E-state index contributed by atoms with van der Waals surface area (Å²) in [5.74, 6) is -0.249. The third-order valence-electron chi connectivity index (χ3n) is 6.44. The largest absolute Gasteiger partial charge is 0.388 e. The third kappa shape index (κ3) is 26.4. The molecule has 0 bridgehead atoms. The van der Waals surface area contributed by atoms with Gasteiger partial charge in [-0.05, 0) is 69.3 Å². The number of aryl methyl sites for hydroxylation is 2. The van der Waals surface area contributed by atoms with Crippen LogP contribution in [0.5, 0.6) is 0 Å². The number of carbonyl (C=O) groups excluding carboxylic acids is 6. The normalized spacial score (nSPS) is 8.58. The summed E-state index contributed by atoms with van der Waals surface area (Å²) in [6.45, 7) is 14.1. The molecule has 0 unspecified atom stereocenters. The van der Waals surface area contributed by atoms with E-state index in [4.69, 9.17) is 67.2 Å². The Morgan fingerprint density at radius 1 is 0.717 bits per heavy atom. The van der Waals surface area contributed by atoms with E-state index in [-0.39, 0.29) is 42.8 Å². The number of anilines is 2. The van der Waals surface area contributed by atoms with E-state index in [1.54, 1.807) is 59.3 Å². The van der Waals surface area contributed by atoms with Crippen LogP contribution >= 0.6 is 34.3 Å². The highest BCUT2D eigenvalue weighted by Gasteiger charge is 2.09. The number of aromatic nitrogens is 2. The highest BCUT2D eigenvalue weighted by atomic mass is 35.5. The maximum absolute atomic E-state index is 12.0. The second-order valence-corrected chi connectivity index (χ2v) is 12.5. The van der Waals surface area contributed by atoms with Gasteiger partial charge in [-0.1, -0.05) is 66.5 Å². The van der Waals surface area contributed by atoms with Crippen molar-refractivity contribution in [2.45, 2.75) is 47.8 Å². The number of amides is 1. The molecule has 0 aliphatic rings. The topological polar surface area (TPSA) is 308 Å². The zero-order valence-corrected chi connectivity index (χ0v) is 35.3. The minimum atomic E-state index is -0.403. The number of nitriles is 4. The fraction of sp³-hybridized carbons (Fsp3) is 0.263. The molecule has 0 radical (unpaired) electrons. The standard InChI is InChI=1S/C15H11N5O2S.C8H7ClO.C7H5N5OS.C6H15N.2CO2/c1-10-2-4-11(5-3-10)14(21)19-15-18-13(9-23-15)8-22-20-12(6-16)7-17;1-6-2-4-7(5-3-6)8(9)10;8-1-5(2-9)12-13-3-6-4-14-7(10)11-6;1-4-7(5-2)6-3;2*2-1-3/h2-5,9H,8H2,1H3,(H,18,19,21);2-5H,1H3;4H,3H2,(H2,10,11);4-6H2,1-3H3;;. The van der Waals surface area contributed by atoms with Crippen LogP contribution in [0.3, 0.4) is 0 Å². The van der Waals surface area contributed by atoms with Gasteiger partial charge in [0, 0.05) is 21.9 Å². The molecule has 0 spiro atoms. The molecular weight excluding hydrogens is 838 g/mol. The number of oxime groups is 2. The fourth-order valence-corrected chi connectivity index (χ4v) is 4.87. The van der Waals surface area contributed by atoms with E-state index in [2.05, 4.69) is 51.3 Å². The molecule has 3 N–H and O–H groups in total. The van der Waals surface area contributed by atoms with E-state index in [1.807, 2.05) is 38.1 Å². The van der Waals surface area contributed by atoms with E-state index in [0.717, 1.165) is 11.1 Å². The Labute approximate surface area is 358 Å². The van der Waals surface area contributed by atoms with Crippen LogP contribution < -0.4 is 11.1 Å². The number of nitrogens with two attached hydrogens (primary N) is 1. The van der Waals surface area contributed by atoms with Crippen LogP contribution in [0.25, 0.3) is 0 Å². The van der Waals surface area contributed by atoms with Gasteiger partial charge in [0.2, 0.25) is 0 Å². The van der Waals surface area contributed by atoms with Gasteiger partial charge >= 0.3 is 12.3 Å². The summed E-state index contributed by atoms with van der Waals surface area (Å²) in [6.07, 6.45) is 0.500. The molecule has 4 rings (SSSR count). The van der Waals surface area contributed by atoms with Crippen molar-refractivity contribution >= 4 is 79.4 Å². The van der Waals surface area contributed by atoms with Crippen molar-refractivity contribution < 1.29 is 38.4 Å². The number of nitrogens with zero attached hydrogens (tertiary/aromatic N) is 9. The summed E-state index contributed by atoms with van der Waals surface area (Å²) >= 11 is 7.74. The highest BCUT2D eigenvalue weighted by molar-refractivity contribution is 7.14. The zero-order chi connectivity index (χ0) is 45.7. The van der Waals surface area contributed by atoms with Gasteiger partial charge in [-0.25, -0.2) is 9.97 Å². The van der Waals surface area contributed by atoms with Gasteiger partial charge in [0.1, 0.15) is 24.3 Å². The van der Waals surface area contributed by atoms with Gasteiger partial charge in [-0.3, -0.25) is 14.9 Å². The first-order valence-electron chi connectivity index (χ1n) is 16.8. The molecule has 2 aromatic carbocycles. The Bertz CT molecular complexity index is 2150. The zero-order valence-electron chi connectivity index (χ0n) is 32.9. The van der Waals surface area contributed by atoms with Crippen LogP contribution in [-0.4, -0.2) is 69.4 Å². The first kappa shape index (κ1) is 54.6. The van der Waals surface area contributed by atoms with E-state index in [9.17, 15) is 9.59 Å². The van der Waals surface area contributed by atoms with Gasteiger partial charge in [0.25, 0.3) is 22.6 Å². The summed E-state index contributed by atoms with van der Waals surface area (Å²) in [5.41, 5.74) is 9.12. The smallest absolute Gasteiger partial charge is 0.373 e. The molecule has 0 aliphatic heterocycles. The molecule has 0 saturated carbocycles. The number of nitrogens with one attached hydrogen (secondary N) is 1. The Balaban J connectivity index is 0. The maximum Gasteiger partial charge on any atom is 0.373 e. The van der Waals surface area contributed by atoms with E-state index in [1.165, 1.54) is 42.3 Å². The molecule has 2 heterocycles. The van der Waals surface area contributed by atoms with Crippen LogP contribution in [0.1, 0.15) is 64.0 Å². The highest BCUT2D eigenvalue weighted by Crippen LogP contribution is 2.17. The van der Waals surface area contributed by atoms with Crippen LogP contribution in [0.15, 0.2) is 69.6 Å². The van der Waals surface area contributed by atoms with E-state index >= 15 is 0 Å². The maximum atomic E-state index is 12.0. The molecule has 22 heteroatoms. The fourth-order valence-electron chi connectivity index (χ4n) is 3.51. The molecule has 312 valence electrons. The molecule has 4 aromatic rings. The summed E-state index contributed by atoms with van der Waals surface area (Å²) in [5, 5.41) is 46.8. The molecule has 2 aromatic heterocycles. The van der Waals surface area contributed by atoms with Crippen LogP contribution in [0.2, 0.25) is 0 Å². The number of carbonyl (C=O) groups is 2. The molecule has 0 fully saturated rings. The molecule has 0 aliphatic carbocycles. The minimum Gasteiger partial charge on any atom is -0.388 e. The lowest BCUT2D eigenvalue weighted by Gasteiger charge is -2.13. The first-order chi connectivity index (χ1) is 28.7. The molecule has 1 amide bonds. The Hall–Kier alpha value is -7.45. The molecule has 19 nitrogen and oxygen atoms in total. The van der Waals surface area contributed by atoms with Gasteiger partial charge in [0.05, 0.1) is 11.4 Å². The molecule has 0 saturated heterocycles. The second kappa shape index (κ2) is 34.8. The SMILES string of the molecule is CCN(CC)CC.Cc1ccc(C(=O)Cl)cc1.Cc1ccc(C(=O)Nc2nc(CON=C(C#N)C#N)cs2)cc1.N#CC(C#N)=NOCc1csc(N)n1.O=C=O.O=C=O. The van der Waals surface area contributed by atoms with Crippen molar-refractivity contribution in [1.29, 1.82) is 21.0 Å². The quantitative estimate of drug-likeness (QED) is 0.0961. The first-order valence-corrected chi connectivity index (χ1v) is 18.9. The number of hydrogen-bond donors (Lipinski definition) is 2. The van der Waals surface area contributed by atoms with Gasteiger partial charge in [-0.15, -0.1) is 22.7 Å². The van der Waals surface area contributed by atoms with Crippen molar-refractivity contribution in [3.8, 4) is 24.3 Å². The van der Waals surface area contributed by atoms with Crippen molar-refractivity contribution in [2.24, 2.45) is 10.3 Å². The summed E-state index contributed by atoms with van der Waals surface area (Å²) in [6, 6.07) is 20.6. The Morgan fingerprint density at radius 2 is 1.10 bits per heavy atom. The van der Waals surface area contributed by atoms with Crippen molar-refractivity contribution in [3.63, 3.8) is 0 Å². The van der Waals surface area contributed by atoms with Crippen molar-refractivity contribution in [1.82, 2.24) is 14.9 Å². The minimum absolute atomic E-state index is 0.00373. The number of benzene rings is 2. The van der Waals surface area contributed by atoms with Crippen LogP contribution in [0, 0.1) is 59.2 Å². The molecule has 60 heavy (non-hydrogen) atoms. The number of rotatable bonds is 12. The predicted molar refractivity (Wildman–Crippen MR) is 220 cm³/mol. The average Bonchev–Trinajstić information content (AvgIpc) is 3.88. The lowest BCUT2D eigenvalue weighted by Crippen LogP contribution is -2.21. The van der Waals surface area contributed by atoms with Crippen LogP contribution in [-0.2, 0) is 42.1 Å². The van der Waals surface area contributed by atoms with Gasteiger partial charge in [-0.2, -0.15) is 40.2 Å². The number of thiazole rings is 2. The Kier molecular flexibility index (Phi) is 31.7. The second-order valence-electron chi connectivity index (χ2n) is 10.4. The number of nitrogen functional groups attached to an aromatic ring is 1. The summed E-state index contributed by atoms with van der Waals surface area (Å²) in [4.78, 5) is 75.1. The monoisotopic (exact) mass is 875 g/mol. The van der Waals surface area contributed by atoms with Crippen LogP contribution in [0.4, 0.5) is 10.3 Å². The number of halogens is 1. The van der Waals surface area contributed by atoms with Crippen molar-refractivity contribution in [2.75, 3.05) is 30.7 Å². The van der Waals surface area contributed by atoms with Crippen molar-refractivity contribution in [3.05, 3.63) is 92.9 Å². The van der Waals surface area contributed by atoms with Gasteiger partial charge < -0.3 is 20.3 Å². The van der Waals surface area contributed by atoms with E-state index < -0.39 is 5.24 Å².